The van der Waals surface area contributed by atoms with Crippen molar-refractivity contribution in [1.29, 1.82) is 0 Å². The van der Waals surface area contributed by atoms with Gasteiger partial charge in [-0.2, -0.15) is 0 Å². The molecule has 0 aromatic carbocycles. The van der Waals surface area contributed by atoms with Crippen molar-refractivity contribution >= 4 is 5.91 Å². The van der Waals surface area contributed by atoms with Crippen molar-refractivity contribution in [3.8, 4) is 0 Å². The molecule has 0 aromatic heterocycles. The van der Waals surface area contributed by atoms with E-state index in [9.17, 15) is 4.79 Å². The van der Waals surface area contributed by atoms with Crippen molar-refractivity contribution < 1.29 is 4.79 Å². The van der Waals surface area contributed by atoms with Crippen molar-refractivity contribution in [3.05, 3.63) is 0 Å². The van der Waals surface area contributed by atoms with Crippen molar-refractivity contribution in [2.24, 2.45) is 11.1 Å². The number of hydrogen-bond donors (Lipinski definition) is 3. The van der Waals surface area contributed by atoms with E-state index >= 15 is 0 Å². The van der Waals surface area contributed by atoms with Gasteiger partial charge in [0.15, 0.2) is 0 Å². The minimum Gasteiger partial charge on any atom is -0.353 e. The van der Waals surface area contributed by atoms with E-state index in [1.165, 1.54) is 0 Å². The molecule has 4 N–H and O–H groups in total. The molecule has 0 spiro atoms. The molecular weight excluding hydrogens is 226 g/mol. The Bertz CT molecular complexity index is 279. The van der Waals surface area contributed by atoms with Crippen LogP contribution in [0.15, 0.2) is 0 Å². The first kappa shape index (κ1) is 13.8. The standard InChI is InChI=1S/C14H27N3O/c1-2-7-14(8-9-16-10-14)13(18)17-12-5-3-11(15)4-6-12/h11-12,16H,2-10,15H2,1H3,(H,17,18). The van der Waals surface area contributed by atoms with Crippen LogP contribution in [0.3, 0.4) is 0 Å². The third kappa shape index (κ3) is 3.04. The highest BCUT2D eigenvalue weighted by Gasteiger charge is 2.41. The number of carbonyl (C=O) groups excluding carboxylic acids is 1. The number of hydrogen-bond acceptors (Lipinski definition) is 3. The number of nitrogens with two attached hydrogens (primary N) is 1. The highest BCUT2D eigenvalue weighted by Crippen LogP contribution is 2.32. The summed E-state index contributed by atoms with van der Waals surface area (Å²) in [6, 6.07) is 0.697. The molecule has 4 nitrogen and oxygen atoms in total. The summed E-state index contributed by atoms with van der Waals surface area (Å²) >= 11 is 0. The fourth-order valence-electron chi connectivity index (χ4n) is 3.35. The predicted molar refractivity (Wildman–Crippen MR) is 73.2 cm³/mol. The van der Waals surface area contributed by atoms with Gasteiger partial charge in [-0.15, -0.1) is 0 Å². The van der Waals surface area contributed by atoms with Crippen LogP contribution in [-0.4, -0.2) is 31.1 Å². The second-order valence-electron chi connectivity index (χ2n) is 6.04. The molecule has 18 heavy (non-hydrogen) atoms. The number of amides is 1. The molecule has 1 aliphatic carbocycles. The van der Waals surface area contributed by atoms with Crippen LogP contribution >= 0.6 is 0 Å². The molecule has 1 aliphatic heterocycles. The minimum atomic E-state index is -0.145. The molecule has 1 atom stereocenters. The number of carbonyl (C=O) groups is 1. The first-order valence-corrected chi connectivity index (χ1v) is 7.43. The largest absolute Gasteiger partial charge is 0.353 e. The highest BCUT2D eigenvalue weighted by atomic mass is 16.2. The van der Waals surface area contributed by atoms with E-state index in [4.69, 9.17) is 5.73 Å². The van der Waals surface area contributed by atoms with Crippen LogP contribution in [0.5, 0.6) is 0 Å². The van der Waals surface area contributed by atoms with Crippen molar-refractivity contribution in [2.75, 3.05) is 13.1 Å². The zero-order valence-electron chi connectivity index (χ0n) is 11.5. The SMILES string of the molecule is CCCC1(C(=O)NC2CCC(N)CC2)CCNC1. The van der Waals surface area contributed by atoms with Gasteiger partial charge in [-0.3, -0.25) is 4.79 Å². The Kier molecular flexibility index (Phi) is 4.62. The van der Waals surface area contributed by atoms with E-state index in [1.54, 1.807) is 0 Å². The minimum absolute atomic E-state index is 0.145. The van der Waals surface area contributed by atoms with Gasteiger partial charge in [-0.1, -0.05) is 13.3 Å². The molecular formula is C14H27N3O. The fourth-order valence-corrected chi connectivity index (χ4v) is 3.35. The van der Waals surface area contributed by atoms with Crippen LogP contribution < -0.4 is 16.4 Å². The molecule has 1 saturated heterocycles. The Hall–Kier alpha value is -0.610. The van der Waals surface area contributed by atoms with Crippen molar-refractivity contribution in [3.63, 3.8) is 0 Å². The lowest BCUT2D eigenvalue weighted by atomic mass is 9.80. The topological polar surface area (TPSA) is 67.2 Å². The van der Waals surface area contributed by atoms with E-state index in [0.29, 0.717) is 12.1 Å². The molecule has 1 unspecified atom stereocenters. The summed E-state index contributed by atoms with van der Waals surface area (Å²) in [5.41, 5.74) is 5.76. The van der Waals surface area contributed by atoms with Gasteiger partial charge in [0.2, 0.25) is 5.91 Å². The summed E-state index contributed by atoms with van der Waals surface area (Å²) in [7, 11) is 0. The second kappa shape index (κ2) is 6.02. The first-order chi connectivity index (χ1) is 8.66. The second-order valence-corrected chi connectivity index (χ2v) is 6.04. The normalized spacial score (nSPS) is 36.6. The Morgan fingerprint density at radius 2 is 2.11 bits per heavy atom. The summed E-state index contributed by atoms with van der Waals surface area (Å²) in [6.07, 6.45) is 7.24. The average molecular weight is 253 g/mol. The maximum absolute atomic E-state index is 12.5. The molecule has 2 rings (SSSR count). The van der Waals surface area contributed by atoms with Gasteiger partial charge < -0.3 is 16.4 Å². The number of nitrogens with one attached hydrogen (secondary N) is 2. The van der Waals surface area contributed by atoms with Crippen LogP contribution in [0.1, 0.15) is 51.9 Å². The third-order valence-electron chi connectivity index (χ3n) is 4.56. The lowest BCUT2D eigenvalue weighted by Gasteiger charge is -2.32. The molecule has 2 fully saturated rings. The summed E-state index contributed by atoms with van der Waals surface area (Å²) in [6.45, 7) is 3.98. The summed E-state index contributed by atoms with van der Waals surface area (Å²) in [5.74, 6) is 0.273. The van der Waals surface area contributed by atoms with Crippen LogP contribution in [-0.2, 0) is 4.79 Å². The maximum Gasteiger partial charge on any atom is 0.227 e. The third-order valence-corrected chi connectivity index (χ3v) is 4.56. The molecule has 0 aromatic rings. The van der Waals surface area contributed by atoms with Crippen LogP contribution in [0.25, 0.3) is 0 Å². The predicted octanol–water partition coefficient (Wildman–Crippen LogP) is 1.15. The van der Waals surface area contributed by atoms with E-state index in [2.05, 4.69) is 17.6 Å². The fraction of sp³-hybridized carbons (Fsp3) is 0.929. The van der Waals surface area contributed by atoms with Gasteiger partial charge in [-0.25, -0.2) is 0 Å². The lowest BCUT2D eigenvalue weighted by Crippen LogP contribution is -2.48. The van der Waals surface area contributed by atoms with Crippen molar-refractivity contribution in [2.45, 2.75) is 64.0 Å². The van der Waals surface area contributed by atoms with Crippen molar-refractivity contribution in [1.82, 2.24) is 10.6 Å². The van der Waals surface area contributed by atoms with Gasteiger partial charge in [0.25, 0.3) is 0 Å². The average Bonchev–Trinajstić information content (AvgIpc) is 2.82. The van der Waals surface area contributed by atoms with Gasteiger partial charge >= 0.3 is 0 Å². The summed E-state index contributed by atoms with van der Waals surface area (Å²) < 4.78 is 0. The van der Waals surface area contributed by atoms with E-state index < -0.39 is 0 Å². The highest BCUT2D eigenvalue weighted by molar-refractivity contribution is 5.83. The van der Waals surface area contributed by atoms with Crippen LogP contribution in [0.4, 0.5) is 0 Å². The molecule has 4 heteroatoms. The summed E-state index contributed by atoms with van der Waals surface area (Å²) in [5, 5.41) is 6.61. The number of rotatable bonds is 4. The smallest absolute Gasteiger partial charge is 0.227 e. The Labute approximate surface area is 110 Å². The Morgan fingerprint density at radius 1 is 1.39 bits per heavy atom. The van der Waals surface area contributed by atoms with Gasteiger partial charge in [0.1, 0.15) is 0 Å². The zero-order valence-corrected chi connectivity index (χ0v) is 11.5. The zero-order chi connectivity index (χ0) is 13.0. The Balaban J connectivity index is 1.89. The van der Waals surface area contributed by atoms with Crippen LogP contribution in [0.2, 0.25) is 0 Å². The molecule has 1 amide bonds. The Morgan fingerprint density at radius 3 is 2.67 bits per heavy atom. The molecule has 104 valence electrons. The van der Waals surface area contributed by atoms with E-state index in [0.717, 1.165) is 58.0 Å². The quantitative estimate of drug-likeness (QED) is 0.704. The molecule has 0 bridgehead atoms. The first-order valence-electron chi connectivity index (χ1n) is 7.43. The lowest BCUT2D eigenvalue weighted by molar-refractivity contribution is -0.131. The molecule has 0 radical (unpaired) electrons. The van der Waals surface area contributed by atoms with E-state index in [-0.39, 0.29) is 11.3 Å². The van der Waals surface area contributed by atoms with Gasteiger partial charge in [-0.05, 0) is 45.1 Å². The molecule has 1 heterocycles. The molecule has 2 aliphatic rings. The maximum atomic E-state index is 12.5. The van der Waals surface area contributed by atoms with Gasteiger partial charge in [0.05, 0.1) is 5.41 Å². The van der Waals surface area contributed by atoms with Crippen LogP contribution in [0, 0.1) is 5.41 Å². The summed E-state index contributed by atoms with van der Waals surface area (Å²) in [4.78, 5) is 12.5. The van der Waals surface area contributed by atoms with E-state index in [1.807, 2.05) is 0 Å². The monoisotopic (exact) mass is 253 g/mol. The molecule has 1 saturated carbocycles. The van der Waals surface area contributed by atoms with Gasteiger partial charge in [0, 0.05) is 18.6 Å².